The van der Waals surface area contributed by atoms with Crippen molar-refractivity contribution in [1.82, 2.24) is 0 Å². The standard InChI is InChI=1S/C14H16BrNO4/c1-2-20-14(18)9-3-4-12(11(15)7-9)16-13(17)10-5-6-19-8-10/h3-4,7,10H,2,5-6,8H2,1H3,(H,16,17). The Morgan fingerprint density at radius 2 is 2.30 bits per heavy atom. The monoisotopic (exact) mass is 341 g/mol. The Labute approximate surface area is 125 Å². The van der Waals surface area contributed by atoms with Gasteiger partial charge < -0.3 is 14.8 Å². The lowest BCUT2D eigenvalue weighted by molar-refractivity contribution is -0.119. The Kier molecular flexibility index (Phi) is 5.14. The highest BCUT2D eigenvalue weighted by Gasteiger charge is 2.24. The van der Waals surface area contributed by atoms with Gasteiger partial charge in [0.05, 0.1) is 30.4 Å². The molecule has 1 N–H and O–H groups in total. The lowest BCUT2D eigenvalue weighted by atomic mass is 10.1. The zero-order valence-electron chi connectivity index (χ0n) is 11.1. The number of esters is 1. The van der Waals surface area contributed by atoms with Crippen LogP contribution < -0.4 is 5.32 Å². The molecule has 108 valence electrons. The van der Waals surface area contributed by atoms with Crippen molar-refractivity contribution in [2.45, 2.75) is 13.3 Å². The summed E-state index contributed by atoms with van der Waals surface area (Å²) in [6.07, 6.45) is 0.740. The minimum absolute atomic E-state index is 0.0629. The number of rotatable bonds is 4. The van der Waals surface area contributed by atoms with Crippen LogP contribution in [0.1, 0.15) is 23.7 Å². The molecule has 0 aromatic heterocycles. The fraction of sp³-hybridized carbons (Fsp3) is 0.429. The number of anilines is 1. The summed E-state index contributed by atoms with van der Waals surface area (Å²) in [6, 6.07) is 4.95. The zero-order chi connectivity index (χ0) is 14.5. The van der Waals surface area contributed by atoms with Crippen LogP contribution in [0.5, 0.6) is 0 Å². The van der Waals surface area contributed by atoms with Crippen molar-refractivity contribution >= 4 is 33.5 Å². The second-order valence-corrected chi connectivity index (χ2v) is 5.32. The molecule has 1 amide bonds. The molecule has 1 unspecified atom stereocenters. The molecule has 6 heteroatoms. The Morgan fingerprint density at radius 3 is 2.90 bits per heavy atom. The summed E-state index contributed by atoms with van der Waals surface area (Å²) >= 11 is 3.35. The largest absolute Gasteiger partial charge is 0.462 e. The summed E-state index contributed by atoms with van der Waals surface area (Å²) in [6.45, 7) is 3.17. The molecule has 1 atom stereocenters. The maximum atomic E-state index is 12.0. The van der Waals surface area contributed by atoms with E-state index >= 15 is 0 Å². The SMILES string of the molecule is CCOC(=O)c1ccc(NC(=O)C2CCOC2)c(Br)c1. The minimum atomic E-state index is -0.379. The van der Waals surface area contributed by atoms with Gasteiger partial charge in [0.25, 0.3) is 0 Å². The Morgan fingerprint density at radius 1 is 1.50 bits per heavy atom. The quantitative estimate of drug-likeness (QED) is 0.855. The number of ether oxygens (including phenoxy) is 2. The number of halogens is 1. The van der Waals surface area contributed by atoms with Crippen molar-refractivity contribution in [1.29, 1.82) is 0 Å². The van der Waals surface area contributed by atoms with Crippen LogP contribution in [0.4, 0.5) is 5.69 Å². The maximum absolute atomic E-state index is 12.0. The van der Waals surface area contributed by atoms with Crippen molar-refractivity contribution in [2.75, 3.05) is 25.1 Å². The smallest absolute Gasteiger partial charge is 0.338 e. The molecule has 1 aromatic carbocycles. The van der Waals surface area contributed by atoms with E-state index in [1.807, 2.05) is 0 Å². The zero-order valence-corrected chi connectivity index (χ0v) is 12.7. The molecule has 1 aliphatic heterocycles. The molecule has 1 saturated heterocycles. The van der Waals surface area contributed by atoms with E-state index in [9.17, 15) is 9.59 Å². The van der Waals surface area contributed by atoms with Crippen molar-refractivity contribution < 1.29 is 19.1 Å². The van der Waals surface area contributed by atoms with Crippen LogP contribution in [0, 0.1) is 5.92 Å². The average molecular weight is 342 g/mol. The highest BCUT2D eigenvalue weighted by molar-refractivity contribution is 9.10. The molecule has 0 bridgehead atoms. The van der Waals surface area contributed by atoms with E-state index < -0.39 is 0 Å². The van der Waals surface area contributed by atoms with Crippen LogP contribution in [0.25, 0.3) is 0 Å². The third kappa shape index (κ3) is 3.58. The molecular weight excluding hydrogens is 326 g/mol. The predicted octanol–water partition coefficient (Wildman–Crippen LogP) is 2.60. The van der Waals surface area contributed by atoms with Gasteiger partial charge in [-0.1, -0.05) is 0 Å². The average Bonchev–Trinajstić information content (AvgIpc) is 2.95. The van der Waals surface area contributed by atoms with Gasteiger partial charge in [0.1, 0.15) is 0 Å². The number of hydrogen-bond donors (Lipinski definition) is 1. The van der Waals surface area contributed by atoms with Crippen LogP contribution in [0.3, 0.4) is 0 Å². The highest BCUT2D eigenvalue weighted by atomic mass is 79.9. The number of carbonyl (C=O) groups excluding carboxylic acids is 2. The summed E-state index contributed by atoms with van der Waals surface area (Å²) in [4.78, 5) is 23.6. The first-order valence-electron chi connectivity index (χ1n) is 6.47. The highest BCUT2D eigenvalue weighted by Crippen LogP contribution is 2.25. The van der Waals surface area contributed by atoms with Crippen molar-refractivity contribution in [3.05, 3.63) is 28.2 Å². The number of hydrogen-bond acceptors (Lipinski definition) is 4. The Bertz CT molecular complexity index is 512. The summed E-state index contributed by atoms with van der Waals surface area (Å²) in [5.41, 5.74) is 1.08. The molecule has 2 rings (SSSR count). The lowest BCUT2D eigenvalue weighted by Crippen LogP contribution is -2.23. The van der Waals surface area contributed by atoms with Gasteiger partial charge in [-0.15, -0.1) is 0 Å². The lowest BCUT2D eigenvalue weighted by Gasteiger charge is -2.11. The molecule has 0 saturated carbocycles. The number of nitrogens with one attached hydrogen (secondary N) is 1. The molecule has 0 aliphatic carbocycles. The normalized spacial score (nSPS) is 17.8. The second kappa shape index (κ2) is 6.85. The van der Waals surface area contributed by atoms with E-state index in [0.29, 0.717) is 35.5 Å². The summed E-state index contributed by atoms with van der Waals surface area (Å²) in [5, 5.41) is 2.83. The molecular formula is C14H16BrNO4. The van der Waals surface area contributed by atoms with Crippen molar-refractivity contribution in [2.24, 2.45) is 5.92 Å². The second-order valence-electron chi connectivity index (χ2n) is 4.46. The third-order valence-electron chi connectivity index (χ3n) is 3.04. The van der Waals surface area contributed by atoms with Gasteiger partial charge in [-0.2, -0.15) is 0 Å². The number of carbonyl (C=O) groups is 2. The third-order valence-corrected chi connectivity index (χ3v) is 3.69. The van der Waals surface area contributed by atoms with Gasteiger partial charge in [-0.05, 0) is 47.5 Å². The Balaban J connectivity index is 2.05. The predicted molar refractivity (Wildman–Crippen MR) is 77.7 cm³/mol. The Hall–Kier alpha value is -1.40. The molecule has 1 heterocycles. The fourth-order valence-corrected chi connectivity index (χ4v) is 2.41. The molecule has 0 radical (unpaired) electrons. The van der Waals surface area contributed by atoms with Crippen molar-refractivity contribution in [3.63, 3.8) is 0 Å². The summed E-state index contributed by atoms with van der Waals surface area (Å²) in [5.74, 6) is -0.547. The molecule has 1 fully saturated rings. The molecule has 0 spiro atoms. The van der Waals surface area contributed by atoms with Crippen LogP contribution in [0.2, 0.25) is 0 Å². The van der Waals surface area contributed by atoms with Crippen molar-refractivity contribution in [3.8, 4) is 0 Å². The van der Waals surface area contributed by atoms with E-state index in [1.165, 1.54) is 0 Å². The van der Waals surface area contributed by atoms with Crippen LogP contribution in [-0.4, -0.2) is 31.7 Å². The van der Waals surface area contributed by atoms with Crippen LogP contribution >= 0.6 is 15.9 Å². The van der Waals surface area contributed by atoms with E-state index in [2.05, 4.69) is 21.2 Å². The first-order chi connectivity index (χ1) is 9.61. The number of amides is 1. The van der Waals surface area contributed by atoms with Crippen LogP contribution in [0.15, 0.2) is 22.7 Å². The minimum Gasteiger partial charge on any atom is -0.462 e. The van der Waals surface area contributed by atoms with E-state index in [4.69, 9.17) is 9.47 Å². The van der Waals surface area contributed by atoms with Gasteiger partial charge in [-0.3, -0.25) is 4.79 Å². The molecule has 1 aliphatic rings. The van der Waals surface area contributed by atoms with Gasteiger partial charge in [-0.25, -0.2) is 4.79 Å². The molecule has 20 heavy (non-hydrogen) atoms. The fourth-order valence-electron chi connectivity index (χ4n) is 1.93. The maximum Gasteiger partial charge on any atom is 0.338 e. The van der Waals surface area contributed by atoms with E-state index in [0.717, 1.165) is 6.42 Å². The van der Waals surface area contributed by atoms with Gasteiger partial charge >= 0.3 is 5.97 Å². The van der Waals surface area contributed by atoms with E-state index in [1.54, 1.807) is 25.1 Å². The first kappa shape index (κ1) is 15.0. The van der Waals surface area contributed by atoms with E-state index in [-0.39, 0.29) is 17.8 Å². The summed E-state index contributed by atoms with van der Waals surface area (Å²) < 4.78 is 10.8. The topological polar surface area (TPSA) is 64.6 Å². The van der Waals surface area contributed by atoms with Gasteiger partial charge in [0.2, 0.25) is 5.91 Å². The summed E-state index contributed by atoms with van der Waals surface area (Å²) in [7, 11) is 0. The molecule has 1 aromatic rings. The molecule has 5 nitrogen and oxygen atoms in total. The first-order valence-corrected chi connectivity index (χ1v) is 7.26. The van der Waals surface area contributed by atoms with Gasteiger partial charge in [0, 0.05) is 11.1 Å². The number of benzene rings is 1. The van der Waals surface area contributed by atoms with Crippen LogP contribution in [-0.2, 0) is 14.3 Å². The van der Waals surface area contributed by atoms with Gasteiger partial charge in [0.15, 0.2) is 0 Å².